The fourth-order valence-corrected chi connectivity index (χ4v) is 3.29. The predicted molar refractivity (Wildman–Crippen MR) is 115 cm³/mol. The van der Waals surface area contributed by atoms with Crippen molar-refractivity contribution in [2.75, 3.05) is 13.7 Å². The van der Waals surface area contributed by atoms with Crippen LogP contribution in [0.4, 0.5) is 0 Å². The zero-order valence-electron chi connectivity index (χ0n) is 15.9. The van der Waals surface area contributed by atoms with E-state index in [0.717, 1.165) is 11.8 Å². The van der Waals surface area contributed by atoms with E-state index in [4.69, 9.17) is 25.5 Å². The van der Waals surface area contributed by atoms with Crippen LogP contribution in [0.2, 0.25) is 5.02 Å². The Morgan fingerprint density at radius 1 is 1.27 bits per heavy atom. The van der Waals surface area contributed by atoms with E-state index in [1.54, 1.807) is 48.5 Å². The number of nitrogens with zero attached hydrogens (tertiary/aromatic N) is 2. The zero-order chi connectivity index (χ0) is 21.5. The van der Waals surface area contributed by atoms with Crippen LogP contribution < -0.4 is 9.47 Å². The summed E-state index contributed by atoms with van der Waals surface area (Å²) in [6.45, 7) is 3.91. The number of rotatable bonds is 9. The van der Waals surface area contributed by atoms with Gasteiger partial charge in [-0.2, -0.15) is 0 Å². The smallest absolute Gasteiger partial charge is 0.342 e. The Morgan fingerprint density at radius 3 is 2.80 bits per heavy atom. The number of carbonyl (C=O) groups is 1. The van der Waals surface area contributed by atoms with Crippen molar-refractivity contribution in [1.29, 1.82) is 0 Å². The maximum Gasteiger partial charge on any atom is 0.342 e. The average Bonchev–Trinajstić information content (AvgIpc) is 3.21. The molecule has 0 aliphatic rings. The largest absolute Gasteiger partial charge is 0.496 e. The third-order valence-corrected chi connectivity index (χ3v) is 4.86. The highest BCUT2D eigenvalue weighted by molar-refractivity contribution is 8.03. The first-order valence-electron chi connectivity index (χ1n) is 8.64. The van der Waals surface area contributed by atoms with Crippen LogP contribution in [0.25, 0.3) is 17.5 Å². The third-order valence-electron chi connectivity index (χ3n) is 3.77. The second kappa shape index (κ2) is 10.00. The molecule has 1 N–H and O–H groups in total. The first kappa shape index (κ1) is 21.5. The van der Waals surface area contributed by atoms with E-state index in [9.17, 15) is 9.90 Å². The molecule has 2 aromatic carbocycles. The molecule has 0 fully saturated rings. The number of hydrogen-bond acceptors (Lipinski definition) is 7. The van der Waals surface area contributed by atoms with Gasteiger partial charge in [0.05, 0.1) is 12.7 Å². The van der Waals surface area contributed by atoms with E-state index < -0.39 is 5.97 Å². The molecule has 3 aromatic rings. The summed E-state index contributed by atoms with van der Waals surface area (Å²) in [5.41, 5.74) is 1.11. The number of aromatic nitrogens is 2. The summed E-state index contributed by atoms with van der Waals surface area (Å²) in [7, 11) is 1.51. The standard InChI is InChI=1S/C21H17ClN2O5S/c1-3-10-28-16-7-5-4-6-13(16)11-18(20(25)26)30-21-24-23-19(29-21)15-12-14(22)8-9-17(15)27-2/h3-9,11-12H,1,10H2,2H3,(H,25,26)/b18-11-. The van der Waals surface area contributed by atoms with E-state index >= 15 is 0 Å². The molecule has 0 saturated heterocycles. The molecule has 0 amide bonds. The van der Waals surface area contributed by atoms with Gasteiger partial charge in [-0.1, -0.05) is 42.5 Å². The predicted octanol–water partition coefficient (Wildman–Crippen LogP) is 5.18. The van der Waals surface area contributed by atoms with Crippen molar-refractivity contribution >= 4 is 35.4 Å². The normalized spacial score (nSPS) is 11.2. The highest BCUT2D eigenvalue weighted by atomic mass is 35.5. The number of halogens is 1. The molecule has 30 heavy (non-hydrogen) atoms. The highest BCUT2D eigenvalue weighted by Crippen LogP contribution is 2.35. The van der Waals surface area contributed by atoms with Crippen molar-refractivity contribution in [1.82, 2.24) is 10.2 Å². The fraction of sp³-hybridized carbons (Fsp3) is 0.0952. The van der Waals surface area contributed by atoms with Gasteiger partial charge in [-0.25, -0.2) is 4.79 Å². The van der Waals surface area contributed by atoms with Crippen molar-refractivity contribution in [2.45, 2.75) is 5.22 Å². The molecule has 7 nitrogen and oxygen atoms in total. The van der Waals surface area contributed by atoms with Crippen molar-refractivity contribution in [3.8, 4) is 23.0 Å². The minimum absolute atomic E-state index is 0.0158. The molecule has 0 atom stereocenters. The summed E-state index contributed by atoms with van der Waals surface area (Å²) in [5.74, 6) is 0.0587. The molecule has 9 heteroatoms. The van der Waals surface area contributed by atoms with Gasteiger partial charge in [-0.05, 0) is 42.1 Å². The van der Waals surface area contributed by atoms with Gasteiger partial charge in [0, 0.05) is 10.6 Å². The van der Waals surface area contributed by atoms with Crippen LogP contribution in [0.15, 0.2) is 69.7 Å². The lowest BCUT2D eigenvalue weighted by Crippen LogP contribution is -1.99. The Bertz CT molecular complexity index is 1100. The summed E-state index contributed by atoms with van der Waals surface area (Å²) < 4.78 is 16.5. The van der Waals surface area contributed by atoms with E-state index in [-0.39, 0.29) is 16.0 Å². The second-order valence-corrected chi connectivity index (χ2v) is 7.20. The maximum atomic E-state index is 11.8. The number of ether oxygens (including phenoxy) is 2. The van der Waals surface area contributed by atoms with Gasteiger partial charge in [0.2, 0.25) is 0 Å². The number of hydrogen-bond donors (Lipinski definition) is 1. The molecule has 0 saturated carbocycles. The van der Waals surface area contributed by atoms with Crippen LogP contribution in [-0.4, -0.2) is 35.0 Å². The Kier molecular flexibility index (Phi) is 7.16. The number of carboxylic acid groups (broad SMARTS) is 1. The number of carboxylic acids is 1. The van der Waals surface area contributed by atoms with E-state index in [0.29, 0.717) is 34.3 Å². The zero-order valence-corrected chi connectivity index (χ0v) is 17.4. The minimum atomic E-state index is -1.14. The quantitative estimate of drug-likeness (QED) is 0.274. The average molecular weight is 445 g/mol. The lowest BCUT2D eigenvalue weighted by atomic mass is 10.2. The fourth-order valence-electron chi connectivity index (χ4n) is 2.46. The number of aliphatic carboxylic acids is 1. The minimum Gasteiger partial charge on any atom is -0.496 e. The molecular weight excluding hydrogens is 428 g/mol. The van der Waals surface area contributed by atoms with Crippen LogP contribution in [0.1, 0.15) is 5.56 Å². The Hall–Kier alpha value is -3.23. The molecule has 3 rings (SSSR count). The van der Waals surface area contributed by atoms with Crippen LogP contribution in [0.3, 0.4) is 0 Å². The summed E-state index contributed by atoms with van der Waals surface area (Å²) in [6, 6.07) is 12.1. The molecule has 0 aliphatic heterocycles. The van der Waals surface area contributed by atoms with E-state index in [1.807, 2.05) is 0 Å². The molecule has 0 radical (unpaired) electrons. The monoisotopic (exact) mass is 444 g/mol. The number of thioether (sulfide) groups is 1. The van der Waals surface area contributed by atoms with Crippen LogP contribution in [-0.2, 0) is 4.79 Å². The summed E-state index contributed by atoms with van der Waals surface area (Å²) in [4.78, 5) is 11.8. The van der Waals surface area contributed by atoms with Crippen LogP contribution in [0, 0.1) is 0 Å². The molecular formula is C21H17ClN2O5S. The van der Waals surface area contributed by atoms with Crippen LogP contribution in [0.5, 0.6) is 11.5 Å². The van der Waals surface area contributed by atoms with Gasteiger partial charge in [0.15, 0.2) is 0 Å². The van der Waals surface area contributed by atoms with Gasteiger partial charge < -0.3 is 19.0 Å². The topological polar surface area (TPSA) is 94.7 Å². The van der Waals surface area contributed by atoms with Crippen LogP contribution >= 0.6 is 23.4 Å². The number of benzene rings is 2. The lowest BCUT2D eigenvalue weighted by Gasteiger charge is -2.07. The van der Waals surface area contributed by atoms with Gasteiger partial charge in [-0.3, -0.25) is 0 Å². The second-order valence-electron chi connectivity index (χ2n) is 5.77. The van der Waals surface area contributed by atoms with Crippen molar-refractivity contribution in [3.63, 3.8) is 0 Å². The molecule has 1 aromatic heterocycles. The SMILES string of the molecule is C=CCOc1ccccc1/C=C(\Sc1nnc(-c2cc(Cl)ccc2OC)o1)C(=O)O. The van der Waals surface area contributed by atoms with Crippen molar-refractivity contribution in [2.24, 2.45) is 0 Å². The maximum absolute atomic E-state index is 11.8. The molecule has 154 valence electrons. The van der Waals surface area contributed by atoms with Gasteiger partial charge in [-0.15, -0.1) is 10.2 Å². The molecule has 0 unspecified atom stereocenters. The Morgan fingerprint density at radius 2 is 2.07 bits per heavy atom. The van der Waals surface area contributed by atoms with E-state index in [2.05, 4.69) is 16.8 Å². The highest BCUT2D eigenvalue weighted by Gasteiger charge is 2.19. The third kappa shape index (κ3) is 5.22. The van der Waals surface area contributed by atoms with Gasteiger partial charge >= 0.3 is 5.97 Å². The van der Waals surface area contributed by atoms with Gasteiger partial charge in [0.25, 0.3) is 11.1 Å². The first-order valence-corrected chi connectivity index (χ1v) is 9.84. The van der Waals surface area contributed by atoms with Crippen molar-refractivity contribution < 1.29 is 23.8 Å². The molecule has 0 aliphatic carbocycles. The summed E-state index contributed by atoms with van der Waals surface area (Å²) in [5, 5.41) is 18.1. The van der Waals surface area contributed by atoms with Crippen molar-refractivity contribution in [3.05, 3.63) is 70.6 Å². The molecule has 1 heterocycles. The Balaban J connectivity index is 1.89. The summed E-state index contributed by atoms with van der Waals surface area (Å²) >= 11 is 6.87. The van der Waals surface area contributed by atoms with Gasteiger partial charge in [0.1, 0.15) is 23.0 Å². The number of para-hydroxylation sites is 1. The Labute approximate surface area is 182 Å². The number of methoxy groups -OCH3 is 1. The first-order chi connectivity index (χ1) is 14.5. The summed E-state index contributed by atoms with van der Waals surface area (Å²) in [6.07, 6.45) is 3.09. The molecule has 0 spiro atoms. The van der Waals surface area contributed by atoms with E-state index in [1.165, 1.54) is 13.2 Å². The molecule has 0 bridgehead atoms. The lowest BCUT2D eigenvalue weighted by molar-refractivity contribution is -0.131.